The first kappa shape index (κ1) is 16.4. The lowest BCUT2D eigenvalue weighted by Crippen LogP contribution is -2.41. The van der Waals surface area contributed by atoms with Gasteiger partial charge >= 0.3 is 0 Å². The van der Waals surface area contributed by atoms with E-state index in [9.17, 15) is 18.0 Å². The lowest BCUT2D eigenvalue weighted by atomic mass is 10.1. The molecule has 2 rings (SSSR count). The van der Waals surface area contributed by atoms with Gasteiger partial charge in [0.15, 0.2) is 15.6 Å². The zero-order chi connectivity index (χ0) is 15.9. The molecule has 1 heterocycles. The van der Waals surface area contributed by atoms with Crippen molar-refractivity contribution >= 4 is 62.0 Å². The molecule has 0 saturated carbocycles. The van der Waals surface area contributed by atoms with Gasteiger partial charge in [0.2, 0.25) is 5.25 Å². The van der Waals surface area contributed by atoms with Gasteiger partial charge in [-0.3, -0.25) is 9.59 Å². The maximum absolute atomic E-state index is 12.5. The van der Waals surface area contributed by atoms with Crippen LogP contribution in [0.1, 0.15) is 13.3 Å². The molecule has 1 aliphatic rings. The Morgan fingerprint density at radius 2 is 1.67 bits per heavy atom. The van der Waals surface area contributed by atoms with Gasteiger partial charge in [-0.25, -0.2) is 13.4 Å². The third kappa shape index (κ3) is 2.99. The van der Waals surface area contributed by atoms with Crippen molar-refractivity contribution in [2.75, 3.05) is 0 Å². The maximum Gasteiger partial charge on any atom is 0.271 e. The van der Waals surface area contributed by atoms with E-state index in [4.69, 9.17) is 34.8 Å². The molecule has 0 radical (unpaired) electrons. The molecular formula is C12H8Cl3NO4S. The van der Waals surface area contributed by atoms with Crippen molar-refractivity contribution in [2.24, 2.45) is 4.99 Å². The number of aliphatic imine (C=N–C) groups is 1. The second-order valence-electron chi connectivity index (χ2n) is 4.45. The average molecular weight is 369 g/mol. The maximum atomic E-state index is 12.5. The molecule has 1 aromatic carbocycles. The molecule has 0 spiro atoms. The Morgan fingerprint density at radius 3 is 2.24 bits per heavy atom. The summed E-state index contributed by atoms with van der Waals surface area (Å²) in [5.74, 6) is -1.76. The summed E-state index contributed by atoms with van der Waals surface area (Å²) >= 11 is 17.4. The SMILES string of the molecule is CC1=NC(=O)C(S(=O)(=O)c2cc(Cl)c(Cl)cc2Cl)C(=O)C1. The van der Waals surface area contributed by atoms with Crippen LogP contribution < -0.4 is 0 Å². The fraction of sp³-hybridized carbons (Fsp3) is 0.250. The first-order chi connectivity index (χ1) is 9.64. The molecule has 5 nitrogen and oxygen atoms in total. The number of rotatable bonds is 2. The van der Waals surface area contributed by atoms with Gasteiger partial charge in [0.05, 0.1) is 20.0 Å². The third-order valence-electron chi connectivity index (χ3n) is 2.84. The molecule has 1 amide bonds. The van der Waals surface area contributed by atoms with E-state index in [1.807, 2.05) is 0 Å². The highest BCUT2D eigenvalue weighted by atomic mass is 35.5. The standard InChI is InChI=1S/C12H8Cl3NO4S/c1-5-2-9(17)11(12(18)16-5)21(19,20)10-4-7(14)6(13)3-8(10)15/h3-4,11H,2H2,1H3. The molecule has 1 unspecified atom stereocenters. The van der Waals surface area contributed by atoms with E-state index in [2.05, 4.69) is 4.99 Å². The van der Waals surface area contributed by atoms with Crippen LogP contribution >= 0.6 is 34.8 Å². The normalized spacial score (nSPS) is 19.6. The molecule has 112 valence electrons. The largest absolute Gasteiger partial charge is 0.297 e. The minimum absolute atomic E-state index is 0.0463. The van der Waals surface area contributed by atoms with Crippen molar-refractivity contribution in [2.45, 2.75) is 23.5 Å². The lowest BCUT2D eigenvalue weighted by Gasteiger charge is -2.18. The summed E-state index contributed by atoms with van der Waals surface area (Å²) in [4.78, 5) is 26.9. The number of hydrogen-bond acceptors (Lipinski definition) is 4. The minimum Gasteiger partial charge on any atom is -0.297 e. The number of halogens is 3. The zero-order valence-electron chi connectivity index (χ0n) is 10.6. The van der Waals surface area contributed by atoms with E-state index in [1.54, 1.807) is 0 Å². The molecule has 0 aromatic heterocycles. The van der Waals surface area contributed by atoms with Crippen molar-refractivity contribution in [3.8, 4) is 0 Å². The fourth-order valence-corrected chi connectivity index (χ4v) is 4.47. The van der Waals surface area contributed by atoms with E-state index in [0.717, 1.165) is 12.1 Å². The number of benzene rings is 1. The quantitative estimate of drug-likeness (QED) is 0.594. The molecule has 1 aromatic rings. The molecule has 0 N–H and O–H groups in total. The average Bonchev–Trinajstić information content (AvgIpc) is 2.31. The van der Waals surface area contributed by atoms with E-state index < -0.39 is 31.7 Å². The number of carbonyl (C=O) groups is 2. The van der Waals surface area contributed by atoms with E-state index in [-0.39, 0.29) is 27.2 Å². The van der Waals surface area contributed by atoms with Crippen LogP contribution in [-0.4, -0.2) is 31.1 Å². The second-order valence-corrected chi connectivity index (χ2v) is 7.67. The Bertz CT molecular complexity index is 786. The first-order valence-electron chi connectivity index (χ1n) is 5.63. The smallest absolute Gasteiger partial charge is 0.271 e. The van der Waals surface area contributed by atoms with Gasteiger partial charge in [0.25, 0.3) is 5.91 Å². The molecule has 21 heavy (non-hydrogen) atoms. The molecule has 0 saturated heterocycles. The van der Waals surface area contributed by atoms with Gasteiger partial charge < -0.3 is 0 Å². The van der Waals surface area contributed by atoms with Gasteiger partial charge in [0, 0.05) is 12.1 Å². The summed E-state index contributed by atoms with van der Waals surface area (Å²) < 4.78 is 25.0. The summed E-state index contributed by atoms with van der Waals surface area (Å²) in [5, 5.41) is -2.09. The van der Waals surface area contributed by atoms with Crippen LogP contribution in [0.2, 0.25) is 15.1 Å². The number of carbonyl (C=O) groups excluding carboxylic acids is 2. The Kier molecular flexibility index (Phi) is 4.44. The predicted octanol–water partition coefficient (Wildman–Crippen LogP) is 2.75. The monoisotopic (exact) mass is 367 g/mol. The number of amides is 1. The van der Waals surface area contributed by atoms with Gasteiger partial charge in [-0.15, -0.1) is 0 Å². The molecule has 9 heteroatoms. The highest BCUT2D eigenvalue weighted by Crippen LogP contribution is 2.34. The van der Waals surface area contributed by atoms with Crippen LogP contribution in [-0.2, 0) is 19.4 Å². The highest BCUT2D eigenvalue weighted by molar-refractivity contribution is 7.93. The molecule has 0 aliphatic carbocycles. The number of sulfone groups is 1. The van der Waals surface area contributed by atoms with Crippen LogP contribution in [0.25, 0.3) is 0 Å². The molecule has 0 bridgehead atoms. The molecule has 1 atom stereocenters. The van der Waals surface area contributed by atoms with Crippen molar-refractivity contribution < 1.29 is 18.0 Å². The van der Waals surface area contributed by atoms with Crippen LogP contribution in [0, 0.1) is 0 Å². The number of Topliss-reactive ketones (excluding diaryl/α,β-unsaturated/α-hetero) is 1. The van der Waals surface area contributed by atoms with Gasteiger partial charge in [-0.05, 0) is 19.1 Å². The van der Waals surface area contributed by atoms with Gasteiger partial charge in [-0.1, -0.05) is 34.8 Å². The summed E-state index contributed by atoms with van der Waals surface area (Å²) in [6.07, 6.45) is -0.200. The summed E-state index contributed by atoms with van der Waals surface area (Å²) in [6.45, 7) is 1.48. The summed E-state index contributed by atoms with van der Waals surface area (Å²) in [7, 11) is -4.33. The van der Waals surface area contributed by atoms with Crippen molar-refractivity contribution in [1.29, 1.82) is 0 Å². The van der Waals surface area contributed by atoms with Crippen molar-refractivity contribution in [3.05, 3.63) is 27.2 Å². The predicted molar refractivity (Wildman–Crippen MR) is 80.2 cm³/mol. The fourth-order valence-electron chi connectivity index (χ4n) is 1.92. The molecular weight excluding hydrogens is 361 g/mol. The third-order valence-corrected chi connectivity index (χ3v) is 6.02. The highest BCUT2D eigenvalue weighted by Gasteiger charge is 2.43. The van der Waals surface area contributed by atoms with E-state index in [1.165, 1.54) is 6.92 Å². The summed E-state index contributed by atoms with van der Waals surface area (Å²) in [5.41, 5.74) is 0.275. The van der Waals surface area contributed by atoms with Gasteiger partial charge in [0.1, 0.15) is 0 Å². The zero-order valence-corrected chi connectivity index (χ0v) is 13.6. The number of hydrogen-bond donors (Lipinski definition) is 0. The minimum atomic E-state index is -4.33. The first-order valence-corrected chi connectivity index (χ1v) is 8.31. The van der Waals surface area contributed by atoms with Crippen LogP contribution in [0.3, 0.4) is 0 Å². The van der Waals surface area contributed by atoms with Crippen LogP contribution in [0.5, 0.6) is 0 Å². The second kappa shape index (κ2) is 5.68. The Hall–Kier alpha value is -0.950. The van der Waals surface area contributed by atoms with Crippen LogP contribution in [0.4, 0.5) is 0 Å². The Balaban J connectivity index is 2.61. The summed E-state index contributed by atoms with van der Waals surface area (Å²) in [6, 6.07) is 2.16. The number of ketones is 1. The number of nitrogens with zero attached hydrogens (tertiary/aromatic N) is 1. The van der Waals surface area contributed by atoms with Crippen molar-refractivity contribution in [1.82, 2.24) is 0 Å². The molecule has 0 fully saturated rings. The topological polar surface area (TPSA) is 80.6 Å². The lowest BCUT2D eigenvalue weighted by molar-refractivity contribution is -0.125. The van der Waals surface area contributed by atoms with E-state index >= 15 is 0 Å². The molecule has 1 aliphatic heterocycles. The Labute approximate surface area is 135 Å². The van der Waals surface area contributed by atoms with E-state index in [0.29, 0.717) is 0 Å². The Morgan fingerprint density at radius 1 is 1.10 bits per heavy atom. The van der Waals surface area contributed by atoms with Gasteiger partial charge in [-0.2, -0.15) is 0 Å². The van der Waals surface area contributed by atoms with Crippen LogP contribution in [0.15, 0.2) is 22.0 Å². The van der Waals surface area contributed by atoms with Crippen molar-refractivity contribution in [3.63, 3.8) is 0 Å².